The second-order valence-electron chi connectivity index (χ2n) is 8.24. The third kappa shape index (κ3) is 4.34. The number of hydrogen-bond acceptors (Lipinski definition) is 6. The van der Waals surface area contributed by atoms with Gasteiger partial charge in [-0.05, 0) is 29.6 Å². The predicted octanol–water partition coefficient (Wildman–Crippen LogP) is 2.84. The lowest BCUT2D eigenvalue weighted by Crippen LogP contribution is -2.43. The summed E-state index contributed by atoms with van der Waals surface area (Å²) in [4.78, 5) is 25.6. The van der Waals surface area contributed by atoms with Crippen molar-refractivity contribution in [3.05, 3.63) is 66.4 Å². The number of nitrogens with two attached hydrogens (primary N) is 1. The lowest BCUT2D eigenvalue weighted by atomic mass is 9.96. The fourth-order valence-electron chi connectivity index (χ4n) is 4.18. The maximum absolute atomic E-state index is 14.1. The lowest BCUT2D eigenvalue weighted by molar-refractivity contribution is -0.0287. The number of imidazole rings is 1. The van der Waals surface area contributed by atoms with Crippen molar-refractivity contribution in [1.29, 1.82) is 0 Å². The SMILES string of the molecule is Nc1nccn2c(C3CNCC(F)(F)C3)nc(-c3ccc(C(=O)Nc4cc(P)ccn4)cc3)c12. The van der Waals surface area contributed by atoms with E-state index in [1.165, 1.54) is 6.20 Å². The summed E-state index contributed by atoms with van der Waals surface area (Å²) >= 11 is 0. The Morgan fingerprint density at radius 2 is 2.00 bits per heavy atom. The molecule has 2 unspecified atom stereocenters. The summed E-state index contributed by atoms with van der Waals surface area (Å²) in [5, 5.41) is 6.46. The first-order valence-electron chi connectivity index (χ1n) is 10.6. The minimum absolute atomic E-state index is 0.247. The van der Waals surface area contributed by atoms with Crippen molar-refractivity contribution in [2.24, 2.45) is 0 Å². The van der Waals surface area contributed by atoms with Crippen LogP contribution in [0.4, 0.5) is 20.4 Å². The van der Waals surface area contributed by atoms with Crippen LogP contribution < -0.4 is 21.7 Å². The Morgan fingerprint density at radius 3 is 2.74 bits per heavy atom. The molecule has 1 fully saturated rings. The van der Waals surface area contributed by atoms with Crippen molar-refractivity contribution in [2.45, 2.75) is 18.3 Å². The number of nitrogens with one attached hydrogen (secondary N) is 2. The van der Waals surface area contributed by atoms with Gasteiger partial charge in [-0.1, -0.05) is 12.1 Å². The highest BCUT2D eigenvalue weighted by Gasteiger charge is 2.39. The molecule has 5 rings (SSSR count). The van der Waals surface area contributed by atoms with E-state index in [4.69, 9.17) is 10.7 Å². The molecular weight excluding hydrogens is 459 g/mol. The standard InChI is InChI=1S/C23H22F2N7OP/c24-23(25)10-15(11-27-12-23)21-31-18(19-20(26)29-7-8-32(19)21)13-1-3-14(4-2-13)22(33)30-17-9-16(34)5-6-28-17/h1-9,15,27H,10-12,34H2,(H2,26,29)(H,28,30,33). The Labute approximate surface area is 196 Å². The van der Waals surface area contributed by atoms with E-state index >= 15 is 0 Å². The van der Waals surface area contributed by atoms with E-state index in [9.17, 15) is 13.6 Å². The Balaban J connectivity index is 1.48. The average molecular weight is 481 g/mol. The zero-order valence-corrected chi connectivity index (χ0v) is 19.2. The van der Waals surface area contributed by atoms with Crippen LogP contribution in [-0.4, -0.2) is 44.3 Å². The molecule has 0 radical (unpaired) electrons. The predicted molar refractivity (Wildman–Crippen MR) is 130 cm³/mol. The van der Waals surface area contributed by atoms with Crippen LogP contribution in [0.2, 0.25) is 0 Å². The normalized spacial score (nSPS) is 17.6. The number of nitrogen functional groups attached to an aromatic ring is 1. The second-order valence-corrected chi connectivity index (χ2v) is 8.91. The third-order valence-electron chi connectivity index (χ3n) is 5.74. The summed E-state index contributed by atoms with van der Waals surface area (Å²) in [6, 6.07) is 10.4. The zero-order valence-electron chi connectivity index (χ0n) is 18.0. The van der Waals surface area contributed by atoms with E-state index < -0.39 is 11.8 Å². The number of alkyl halides is 2. The van der Waals surface area contributed by atoms with E-state index in [2.05, 4.69) is 29.8 Å². The smallest absolute Gasteiger partial charge is 0.261 e. The topological polar surface area (TPSA) is 110 Å². The number of aromatic nitrogens is 4. The molecule has 0 bridgehead atoms. The van der Waals surface area contributed by atoms with Crippen LogP contribution >= 0.6 is 9.24 Å². The number of carbonyl (C=O) groups is 1. The number of piperidine rings is 1. The van der Waals surface area contributed by atoms with Gasteiger partial charge >= 0.3 is 0 Å². The van der Waals surface area contributed by atoms with Crippen LogP contribution in [-0.2, 0) is 0 Å². The van der Waals surface area contributed by atoms with E-state index in [1.807, 2.05) is 6.07 Å². The van der Waals surface area contributed by atoms with Gasteiger partial charge in [0.2, 0.25) is 0 Å². The van der Waals surface area contributed by atoms with Crippen molar-refractivity contribution in [3.8, 4) is 11.3 Å². The molecular formula is C23H22F2N7OP. The van der Waals surface area contributed by atoms with Gasteiger partial charge in [-0.25, -0.2) is 23.7 Å². The number of pyridine rings is 1. The average Bonchev–Trinajstić information content (AvgIpc) is 3.20. The molecule has 174 valence electrons. The first kappa shape index (κ1) is 22.3. The number of amides is 1. The van der Waals surface area contributed by atoms with Gasteiger partial charge < -0.3 is 16.4 Å². The minimum atomic E-state index is -2.81. The molecule has 1 aliphatic rings. The number of fused-ring (bicyclic) bond motifs is 1. The highest BCUT2D eigenvalue weighted by atomic mass is 31.0. The van der Waals surface area contributed by atoms with E-state index in [0.29, 0.717) is 40.5 Å². The summed E-state index contributed by atoms with van der Waals surface area (Å²) in [7, 11) is 2.55. The van der Waals surface area contributed by atoms with Crippen molar-refractivity contribution < 1.29 is 13.6 Å². The molecule has 1 saturated heterocycles. The molecule has 0 spiro atoms. The minimum Gasteiger partial charge on any atom is -0.382 e. The fourth-order valence-corrected chi connectivity index (χ4v) is 4.42. The van der Waals surface area contributed by atoms with Gasteiger partial charge in [0, 0.05) is 48.6 Å². The summed E-state index contributed by atoms with van der Waals surface area (Å²) < 4.78 is 29.9. The zero-order chi connectivity index (χ0) is 23.9. The van der Waals surface area contributed by atoms with E-state index in [1.54, 1.807) is 47.1 Å². The number of anilines is 2. The first-order chi connectivity index (χ1) is 16.3. The molecule has 0 saturated carbocycles. The van der Waals surface area contributed by atoms with Crippen molar-refractivity contribution in [3.63, 3.8) is 0 Å². The van der Waals surface area contributed by atoms with E-state index in [0.717, 1.165) is 5.30 Å². The molecule has 1 aliphatic heterocycles. The monoisotopic (exact) mass is 481 g/mol. The summed E-state index contributed by atoms with van der Waals surface area (Å²) in [5.74, 6) is -2.41. The quantitative estimate of drug-likeness (QED) is 0.387. The van der Waals surface area contributed by atoms with Crippen LogP contribution in [0, 0.1) is 0 Å². The highest BCUT2D eigenvalue weighted by molar-refractivity contribution is 7.27. The largest absolute Gasteiger partial charge is 0.382 e. The Hall–Kier alpha value is -3.49. The lowest BCUT2D eigenvalue weighted by Gasteiger charge is -2.29. The molecule has 4 N–H and O–H groups in total. The van der Waals surface area contributed by atoms with Crippen molar-refractivity contribution in [1.82, 2.24) is 24.7 Å². The van der Waals surface area contributed by atoms with Crippen LogP contribution in [0.25, 0.3) is 16.8 Å². The van der Waals surface area contributed by atoms with Crippen LogP contribution in [0.5, 0.6) is 0 Å². The molecule has 1 aromatic carbocycles. The first-order valence-corrected chi connectivity index (χ1v) is 11.2. The summed E-state index contributed by atoms with van der Waals surface area (Å²) in [6.45, 7) is 0.0464. The number of halogens is 2. The molecule has 8 nitrogen and oxygen atoms in total. The molecule has 4 aromatic rings. The van der Waals surface area contributed by atoms with Gasteiger partial charge in [-0.2, -0.15) is 0 Å². The Bertz CT molecular complexity index is 1370. The van der Waals surface area contributed by atoms with Crippen molar-refractivity contribution in [2.75, 3.05) is 24.1 Å². The van der Waals surface area contributed by atoms with Gasteiger partial charge in [0.05, 0.1) is 6.54 Å². The van der Waals surface area contributed by atoms with Gasteiger partial charge in [-0.3, -0.25) is 9.20 Å². The van der Waals surface area contributed by atoms with Gasteiger partial charge in [0.1, 0.15) is 28.7 Å². The molecule has 3 aromatic heterocycles. The fraction of sp³-hybridized carbons (Fsp3) is 0.217. The molecule has 2 atom stereocenters. The highest BCUT2D eigenvalue weighted by Crippen LogP contribution is 2.36. The second kappa shape index (κ2) is 8.70. The molecule has 0 aliphatic carbocycles. The number of benzene rings is 1. The van der Waals surface area contributed by atoms with Crippen LogP contribution in [0.15, 0.2) is 55.0 Å². The van der Waals surface area contributed by atoms with Crippen molar-refractivity contribution >= 4 is 37.6 Å². The molecule has 4 heterocycles. The number of nitrogens with zero attached hydrogens (tertiary/aromatic N) is 4. The maximum Gasteiger partial charge on any atom is 0.261 e. The van der Waals surface area contributed by atoms with Gasteiger partial charge in [-0.15, -0.1) is 9.24 Å². The summed E-state index contributed by atoms with van der Waals surface area (Å²) in [6.07, 6.45) is 4.51. The Kier molecular flexibility index (Phi) is 5.71. The molecule has 34 heavy (non-hydrogen) atoms. The Morgan fingerprint density at radius 1 is 1.21 bits per heavy atom. The molecule has 1 amide bonds. The maximum atomic E-state index is 14.1. The number of carbonyl (C=O) groups excluding carboxylic acids is 1. The number of hydrogen-bond donors (Lipinski definition) is 3. The van der Waals surface area contributed by atoms with Gasteiger partial charge in [0.15, 0.2) is 0 Å². The van der Waals surface area contributed by atoms with E-state index in [-0.39, 0.29) is 24.7 Å². The molecule has 11 heteroatoms. The van der Waals surface area contributed by atoms with Gasteiger partial charge in [0.25, 0.3) is 11.8 Å². The number of rotatable bonds is 4. The van der Waals surface area contributed by atoms with Crippen LogP contribution in [0.3, 0.4) is 0 Å². The third-order valence-corrected chi connectivity index (χ3v) is 6.10. The summed E-state index contributed by atoms with van der Waals surface area (Å²) in [5.41, 5.74) is 8.36. The van der Waals surface area contributed by atoms with Crippen LogP contribution in [0.1, 0.15) is 28.5 Å².